The van der Waals surface area contributed by atoms with Crippen molar-refractivity contribution in [2.24, 2.45) is 0 Å². The minimum absolute atomic E-state index is 0.133. The number of hydrogen-bond donors (Lipinski definition) is 0. The molecule has 0 saturated carbocycles. The van der Waals surface area contributed by atoms with Crippen molar-refractivity contribution >= 4 is 17.4 Å². The third-order valence-corrected chi connectivity index (χ3v) is 6.57. The summed E-state index contributed by atoms with van der Waals surface area (Å²) in [4.78, 5) is 35.2. The third kappa shape index (κ3) is 4.68. The van der Waals surface area contributed by atoms with E-state index in [2.05, 4.69) is 27.8 Å². The van der Waals surface area contributed by atoms with Crippen molar-refractivity contribution in [2.45, 2.75) is 20.3 Å². The van der Waals surface area contributed by atoms with E-state index in [1.165, 1.54) is 4.90 Å². The molecule has 1 aromatic carbocycles. The van der Waals surface area contributed by atoms with Crippen LogP contribution in [0.4, 0.5) is 0 Å². The molecule has 2 saturated heterocycles. The van der Waals surface area contributed by atoms with Crippen LogP contribution in [0.1, 0.15) is 23.1 Å². The predicted octanol–water partition coefficient (Wildman–Crippen LogP) is 1.35. The molecule has 0 spiro atoms. The van der Waals surface area contributed by atoms with Gasteiger partial charge in [-0.15, -0.1) is 0 Å². The topological polar surface area (TPSA) is 56.3 Å². The summed E-state index contributed by atoms with van der Waals surface area (Å²) < 4.78 is 5.41. The van der Waals surface area contributed by atoms with Crippen LogP contribution in [0.25, 0.3) is 5.57 Å². The molecule has 0 aromatic heterocycles. The molecule has 0 aliphatic carbocycles. The average molecular weight is 427 g/mol. The van der Waals surface area contributed by atoms with E-state index in [-0.39, 0.29) is 11.8 Å². The second kappa shape index (κ2) is 9.51. The van der Waals surface area contributed by atoms with Crippen LogP contribution in [0.15, 0.2) is 23.9 Å². The van der Waals surface area contributed by atoms with Crippen LogP contribution in [0.2, 0.25) is 0 Å². The minimum Gasteiger partial charge on any atom is -0.379 e. The number of carbonyl (C=O) groups excluding carboxylic acids is 2. The van der Waals surface area contributed by atoms with Gasteiger partial charge >= 0.3 is 0 Å². The number of likely N-dealkylation sites (N-methyl/N-ethyl adjacent to an activating group) is 1. The first kappa shape index (κ1) is 22.0. The molecule has 0 N–H and O–H groups in total. The fourth-order valence-corrected chi connectivity index (χ4v) is 4.70. The minimum atomic E-state index is -0.146. The number of hydrogen-bond acceptors (Lipinski definition) is 6. The Balaban J connectivity index is 1.57. The van der Waals surface area contributed by atoms with E-state index in [0.29, 0.717) is 17.8 Å². The van der Waals surface area contributed by atoms with Gasteiger partial charge in [0.15, 0.2) is 0 Å². The summed E-state index contributed by atoms with van der Waals surface area (Å²) in [5.41, 5.74) is 4.25. The molecule has 7 nitrogen and oxygen atoms in total. The Kier molecular flexibility index (Phi) is 6.74. The number of piperazine rings is 1. The number of morpholine rings is 1. The highest BCUT2D eigenvalue weighted by atomic mass is 16.5. The molecule has 2 amide bonds. The lowest BCUT2D eigenvalue weighted by Gasteiger charge is -2.34. The van der Waals surface area contributed by atoms with Gasteiger partial charge in [0, 0.05) is 52.4 Å². The number of ether oxygens (including phenoxy) is 1. The Morgan fingerprint density at radius 1 is 0.903 bits per heavy atom. The van der Waals surface area contributed by atoms with E-state index in [9.17, 15) is 9.59 Å². The highest BCUT2D eigenvalue weighted by Crippen LogP contribution is 2.34. The highest BCUT2D eigenvalue weighted by Gasteiger charge is 2.42. The van der Waals surface area contributed by atoms with Gasteiger partial charge in [-0.25, -0.2) is 0 Å². The SMILES string of the molecule is Cc1ccc(C2=C(N3CCN(C)CC3)C(=O)N(CCCN3CCOCC3)C2=O)c(C)c1. The molecule has 3 aliphatic rings. The van der Waals surface area contributed by atoms with Crippen molar-refractivity contribution in [1.29, 1.82) is 0 Å². The van der Waals surface area contributed by atoms with Crippen LogP contribution < -0.4 is 0 Å². The molecular formula is C24H34N4O3. The number of aryl methyl sites for hydroxylation is 2. The first-order valence-electron chi connectivity index (χ1n) is 11.4. The summed E-state index contributed by atoms with van der Waals surface area (Å²) in [6.07, 6.45) is 0.785. The van der Waals surface area contributed by atoms with Crippen molar-refractivity contribution in [3.63, 3.8) is 0 Å². The van der Waals surface area contributed by atoms with Crippen molar-refractivity contribution < 1.29 is 14.3 Å². The summed E-state index contributed by atoms with van der Waals surface area (Å²) in [5.74, 6) is -0.278. The highest BCUT2D eigenvalue weighted by molar-refractivity contribution is 6.35. The molecule has 0 radical (unpaired) electrons. The number of amides is 2. The van der Waals surface area contributed by atoms with Crippen molar-refractivity contribution in [2.75, 3.05) is 72.6 Å². The Morgan fingerprint density at radius 2 is 1.61 bits per heavy atom. The van der Waals surface area contributed by atoms with Gasteiger partial charge in [-0.2, -0.15) is 0 Å². The van der Waals surface area contributed by atoms with E-state index in [0.717, 1.165) is 82.1 Å². The lowest BCUT2D eigenvalue weighted by molar-refractivity contribution is -0.137. The van der Waals surface area contributed by atoms with Crippen LogP contribution in [0, 0.1) is 13.8 Å². The Morgan fingerprint density at radius 3 is 2.29 bits per heavy atom. The lowest BCUT2D eigenvalue weighted by atomic mass is 9.97. The van der Waals surface area contributed by atoms with Gasteiger partial charge in [-0.05, 0) is 38.4 Å². The molecule has 4 rings (SSSR count). The maximum atomic E-state index is 13.5. The molecule has 1 aromatic rings. The zero-order valence-corrected chi connectivity index (χ0v) is 19.0. The van der Waals surface area contributed by atoms with Crippen molar-refractivity contribution in [3.8, 4) is 0 Å². The summed E-state index contributed by atoms with van der Waals surface area (Å²) >= 11 is 0. The fraction of sp³-hybridized carbons (Fsp3) is 0.583. The zero-order chi connectivity index (χ0) is 22.0. The lowest BCUT2D eigenvalue weighted by Crippen LogP contribution is -2.46. The molecule has 168 valence electrons. The standard InChI is InChI=1S/C24H34N4O3/c1-18-5-6-20(19(2)17-18)21-22(27-11-9-25(3)10-12-27)24(30)28(23(21)29)8-4-7-26-13-15-31-16-14-26/h5-6,17H,4,7-16H2,1-3H3. The van der Waals surface area contributed by atoms with E-state index in [1.807, 2.05) is 26.0 Å². The van der Waals surface area contributed by atoms with Gasteiger partial charge in [-0.1, -0.05) is 23.8 Å². The maximum Gasteiger partial charge on any atom is 0.277 e. The zero-order valence-electron chi connectivity index (χ0n) is 19.0. The third-order valence-electron chi connectivity index (χ3n) is 6.57. The average Bonchev–Trinajstić information content (AvgIpc) is 3.00. The summed E-state index contributed by atoms with van der Waals surface area (Å²) in [7, 11) is 2.09. The Hall–Kier alpha value is -2.22. The molecule has 31 heavy (non-hydrogen) atoms. The van der Waals surface area contributed by atoms with Gasteiger partial charge in [-0.3, -0.25) is 19.4 Å². The quantitative estimate of drug-likeness (QED) is 0.640. The number of rotatable bonds is 6. The molecule has 3 heterocycles. The van der Waals surface area contributed by atoms with Gasteiger partial charge in [0.1, 0.15) is 5.70 Å². The van der Waals surface area contributed by atoms with Crippen LogP contribution in [0.5, 0.6) is 0 Å². The maximum absolute atomic E-state index is 13.5. The molecule has 0 bridgehead atoms. The summed E-state index contributed by atoms with van der Waals surface area (Å²) in [6, 6.07) is 6.11. The number of nitrogens with zero attached hydrogens (tertiary/aromatic N) is 4. The fourth-order valence-electron chi connectivity index (χ4n) is 4.70. The second-order valence-electron chi connectivity index (χ2n) is 8.90. The molecule has 2 fully saturated rings. The van der Waals surface area contributed by atoms with Crippen LogP contribution in [-0.4, -0.2) is 104 Å². The van der Waals surface area contributed by atoms with Crippen LogP contribution in [-0.2, 0) is 14.3 Å². The van der Waals surface area contributed by atoms with E-state index < -0.39 is 0 Å². The molecule has 7 heteroatoms. The van der Waals surface area contributed by atoms with E-state index in [4.69, 9.17) is 4.74 Å². The first-order chi connectivity index (χ1) is 15.0. The number of benzene rings is 1. The summed E-state index contributed by atoms with van der Waals surface area (Å²) in [6.45, 7) is 12.1. The molecule has 0 atom stereocenters. The monoisotopic (exact) mass is 426 g/mol. The van der Waals surface area contributed by atoms with Crippen LogP contribution in [0.3, 0.4) is 0 Å². The number of carbonyl (C=O) groups is 2. The normalized spacial score (nSPS) is 21.5. The van der Waals surface area contributed by atoms with Gasteiger partial charge in [0.25, 0.3) is 11.8 Å². The first-order valence-corrected chi connectivity index (χ1v) is 11.4. The largest absolute Gasteiger partial charge is 0.379 e. The second-order valence-corrected chi connectivity index (χ2v) is 8.90. The smallest absolute Gasteiger partial charge is 0.277 e. The summed E-state index contributed by atoms with van der Waals surface area (Å²) in [5, 5.41) is 0. The predicted molar refractivity (Wildman–Crippen MR) is 121 cm³/mol. The molecule has 3 aliphatic heterocycles. The Bertz CT molecular complexity index is 868. The van der Waals surface area contributed by atoms with Gasteiger partial charge in [0.2, 0.25) is 0 Å². The van der Waals surface area contributed by atoms with Crippen LogP contribution >= 0.6 is 0 Å². The van der Waals surface area contributed by atoms with Gasteiger partial charge in [0.05, 0.1) is 18.8 Å². The van der Waals surface area contributed by atoms with Crippen molar-refractivity contribution in [1.82, 2.24) is 19.6 Å². The van der Waals surface area contributed by atoms with E-state index in [1.54, 1.807) is 0 Å². The number of imide groups is 1. The van der Waals surface area contributed by atoms with Crippen molar-refractivity contribution in [3.05, 3.63) is 40.6 Å². The van der Waals surface area contributed by atoms with Gasteiger partial charge < -0.3 is 14.5 Å². The van der Waals surface area contributed by atoms with E-state index >= 15 is 0 Å². The Labute approximate surface area is 185 Å². The molecule has 0 unspecified atom stereocenters. The molecular weight excluding hydrogens is 392 g/mol.